The molecule has 0 aromatic rings. The van der Waals surface area contributed by atoms with Crippen LogP contribution in [0, 0.1) is 11.3 Å². The van der Waals surface area contributed by atoms with Gasteiger partial charge in [0.15, 0.2) is 5.96 Å². The molecule has 0 unspecified atom stereocenters. The van der Waals surface area contributed by atoms with Crippen molar-refractivity contribution >= 4 is 11.9 Å². The van der Waals surface area contributed by atoms with Crippen LogP contribution < -0.4 is 5.32 Å². The van der Waals surface area contributed by atoms with Gasteiger partial charge in [-0.05, 0) is 43.4 Å². The first-order valence-corrected chi connectivity index (χ1v) is 9.41. The fraction of sp³-hybridized carbons (Fsp3) is 0.889. The summed E-state index contributed by atoms with van der Waals surface area (Å²) < 4.78 is 5.54. The van der Waals surface area contributed by atoms with Crippen molar-refractivity contribution in [3.8, 4) is 0 Å². The highest BCUT2D eigenvalue weighted by molar-refractivity contribution is 5.80. The highest BCUT2D eigenvalue weighted by atomic mass is 16.5. The number of hydrogen-bond donors (Lipinski definition) is 1. The Balaban J connectivity index is 1.45. The zero-order chi connectivity index (χ0) is 17.0. The Labute approximate surface area is 145 Å². The van der Waals surface area contributed by atoms with Crippen LogP contribution in [0.4, 0.5) is 0 Å². The van der Waals surface area contributed by atoms with Crippen molar-refractivity contribution in [3.63, 3.8) is 0 Å². The number of amides is 1. The van der Waals surface area contributed by atoms with Gasteiger partial charge in [0, 0.05) is 59.9 Å². The standard InChI is InChI=1S/C18H32N4O2/c1-15(23)21-8-3-16(4-9-21)13-20-17(19-2)22-10-5-18(14-22)6-11-24-12-7-18/h16H,3-14H2,1-2H3,(H,19,20). The molecule has 3 rings (SSSR count). The molecule has 0 aromatic carbocycles. The summed E-state index contributed by atoms with van der Waals surface area (Å²) in [6.45, 7) is 8.45. The molecular formula is C18H32N4O2. The first kappa shape index (κ1) is 17.5. The smallest absolute Gasteiger partial charge is 0.219 e. The minimum atomic E-state index is 0.205. The molecule has 1 N–H and O–H groups in total. The molecule has 0 saturated carbocycles. The van der Waals surface area contributed by atoms with E-state index in [0.29, 0.717) is 11.3 Å². The predicted octanol–water partition coefficient (Wildman–Crippen LogP) is 1.32. The Kier molecular flexibility index (Phi) is 5.64. The van der Waals surface area contributed by atoms with Crippen LogP contribution >= 0.6 is 0 Å². The van der Waals surface area contributed by atoms with Crippen molar-refractivity contribution in [3.05, 3.63) is 0 Å². The number of likely N-dealkylation sites (tertiary alicyclic amines) is 2. The van der Waals surface area contributed by atoms with Gasteiger partial charge in [-0.15, -0.1) is 0 Å². The minimum absolute atomic E-state index is 0.205. The number of nitrogens with one attached hydrogen (secondary N) is 1. The van der Waals surface area contributed by atoms with Crippen LogP contribution in [0.5, 0.6) is 0 Å². The molecule has 6 nitrogen and oxygen atoms in total. The van der Waals surface area contributed by atoms with E-state index >= 15 is 0 Å². The summed E-state index contributed by atoms with van der Waals surface area (Å²) in [6.07, 6.45) is 5.80. The third-order valence-corrected chi connectivity index (χ3v) is 6.11. The molecule has 0 aromatic heterocycles. The van der Waals surface area contributed by atoms with Gasteiger partial charge in [0.25, 0.3) is 0 Å². The molecule has 3 heterocycles. The molecule has 1 spiro atoms. The minimum Gasteiger partial charge on any atom is -0.381 e. The number of aliphatic imine (C=N–C) groups is 1. The van der Waals surface area contributed by atoms with Crippen LogP contribution in [0.3, 0.4) is 0 Å². The van der Waals surface area contributed by atoms with Crippen molar-refractivity contribution in [2.75, 3.05) is 53.0 Å². The Morgan fingerprint density at radius 1 is 1.17 bits per heavy atom. The number of guanidine groups is 1. The molecule has 0 aliphatic carbocycles. The number of hydrogen-bond acceptors (Lipinski definition) is 3. The van der Waals surface area contributed by atoms with Gasteiger partial charge in [-0.25, -0.2) is 0 Å². The fourth-order valence-corrected chi connectivity index (χ4v) is 4.35. The number of ether oxygens (including phenoxy) is 1. The van der Waals surface area contributed by atoms with E-state index in [-0.39, 0.29) is 5.91 Å². The van der Waals surface area contributed by atoms with Gasteiger partial charge in [0.2, 0.25) is 5.91 Å². The van der Waals surface area contributed by atoms with Crippen molar-refractivity contribution in [2.45, 2.75) is 39.0 Å². The second kappa shape index (κ2) is 7.72. The molecular weight excluding hydrogens is 304 g/mol. The van der Waals surface area contributed by atoms with Crippen molar-refractivity contribution < 1.29 is 9.53 Å². The average molecular weight is 336 g/mol. The Hall–Kier alpha value is -1.30. The Morgan fingerprint density at radius 3 is 2.50 bits per heavy atom. The predicted molar refractivity (Wildman–Crippen MR) is 95.0 cm³/mol. The molecule has 3 aliphatic heterocycles. The summed E-state index contributed by atoms with van der Waals surface area (Å²) in [5.41, 5.74) is 0.447. The third-order valence-electron chi connectivity index (χ3n) is 6.11. The highest BCUT2D eigenvalue weighted by Gasteiger charge is 2.40. The highest BCUT2D eigenvalue weighted by Crippen LogP contribution is 2.39. The zero-order valence-electron chi connectivity index (χ0n) is 15.2. The number of nitrogens with zero attached hydrogens (tertiary/aromatic N) is 3. The SMILES string of the molecule is CN=C(NCC1CCN(C(C)=O)CC1)N1CCC2(CCOCC2)C1. The summed E-state index contributed by atoms with van der Waals surface area (Å²) in [5, 5.41) is 3.59. The topological polar surface area (TPSA) is 57.2 Å². The van der Waals surface area contributed by atoms with E-state index in [0.717, 1.165) is 64.7 Å². The maximum atomic E-state index is 11.4. The first-order chi connectivity index (χ1) is 11.6. The third kappa shape index (κ3) is 4.02. The van der Waals surface area contributed by atoms with Gasteiger partial charge in [-0.3, -0.25) is 9.79 Å². The van der Waals surface area contributed by atoms with Crippen molar-refractivity contribution in [2.24, 2.45) is 16.3 Å². The molecule has 24 heavy (non-hydrogen) atoms. The summed E-state index contributed by atoms with van der Waals surface area (Å²) in [6, 6.07) is 0. The molecule has 1 amide bonds. The van der Waals surface area contributed by atoms with E-state index in [2.05, 4.69) is 15.2 Å². The van der Waals surface area contributed by atoms with E-state index in [1.807, 2.05) is 11.9 Å². The van der Waals surface area contributed by atoms with Crippen molar-refractivity contribution in [1.82, 2.24) is 15.1 Å². The zero-order valence-corrected chi connectivity index (χ0v) is 15.2. The van der Waals surface area contributed by atoms with Crippen LogP contribution in [0.2, 0.25) is 0 Å². The van der Waals surface area contributed by atoms with E-state index in [1.54, 1.807) is 6.92 Å². The van der Waals surface area contributed by atoms with Gasteiger partial charge in [0.1, 0.15) is 0 Å². The fourth-order valence-electron chi connectivity index (χ4n) is 4.35. The number of rotatable bonds is 2. The molecule has 6 heteroatoms. The number of carbonyl (C=O) groups excluding carboxylic acids is 1. The molecule has 0 atom stereocenters. The lowest BCUT2D eigenvalue weighted by atomic mass is 9.80. The largest absolute Gasteiger partial charge is 0.381 e. The van der Waals surface area contributed by atoms with Gasteiger partial charge in [-0.2, -0.15) is 0 Å². The van der Waals surface area contributed by atoms with Gasteiger partial charge in [0.05, 0.1) is 0 Å². The maximum Gasteiger partial charge on any atom is 0.219 e. The molecule has 3 aliphatic rings. The van der Waals surface area contributed by atoms with E-state index in [9.17, 15) is 4.79 Å². The summed E-state index contributed by atoms with van der Waals surface area (Å²) in [4.78, 5) is 20.3. The molecule has 0 bridgehead atoms. The summed E-state index contributed by atoms with van der Waals surface area (Å²) >= 11 is 0. The number of piperidine rings is 1. The van der Waals surface area contributed by atoms with Crippen LogP contribution in [0.25, 0.3) is 0 Å². The monoisotopic (exact) mass is 336 g/mol. The average Bonchev–Trinajstić information content (AvgIpc) is 3.00. The molecule has 136 valence electrons. The summed E-state index contributed by atoms with van der Waals surface area (Å²) in [7, 11) is 1.88. The van der Waals surface area contributed by atoms with Gasteiger partial charge < -0.3 is 19.9 Å². The lowest BCUT2D eigenvalue weighted by Crippen LogP contribution is -2.45. The van der Waals surface area contributed by atoms with E-state index < -0.39 is 0 Å². The van der Waals surface area contributed by atoms with E-state index in [1.165, 1.54) is 19.3 Å². The lowest BCUT2D eigenvalue weighted by Gasteiger charge is -2.34. The second-order valence-corrected chi connectivity index (χ2v) is 7.66. The molecule has 3 saturated heterocycles. The molecule has 0 radical (unpaired) electrons. The second-order valence-electron chi connectivity index (χ2n) is 7.66. The normalized spacial score (nSPS) is 25.3. The summed E-state index contributed by atoms with van der Waals surface area (Å²) in [5.74, 6) is 1.89. The van der Waals surface area contributed by atoms with Gasteiger partial charge in [-0.1, -0.05) is 0 Å². The Morgan fingerprint density at radius 2 is 1.88 bits per heavy atom. The lowest BCUT2D eigenvalue weighted by molar-refractivity contribution is -0.130. The first-order valence-electron chi connectivity index (χ1n) is 9.41. The Bertz CT molecular complexity index is 466. The van der Waals surface area contributed by atoms with Gasteiger partial charge >= 0.3 is 0 Å². The van der Waals surface area contributed by atoms with Crippen LogP contribution in [-0.4, -0.2) is 74.7 Å². The number of carbonyl (C=O) groups is 1. The van der Waals surface area contributed by atoms with Crippen LogP contribution in [-0.2, 0) is 9.53 Å². The van der Waals surface area contributed by atoms with Crippen LogP contribution in [0.1, 0.15) is 39.0 Å². The quantitative estimate of drug-likeness (QED) is 0.610. The molecule has 3 fully saturated rings. The maximum absolute atomic E-state index is 11.4. The van der Waals surface area contributed by atoms with E-state index in [4.69, 9.17) is 4.74 Å². The van der Waals surface area contributed by atoms with Crippen LogP contribution in [0.15, 0.2) is 4.99 Å². The van der Waals surface area contributed by atoms with Crippen molar-refractivity contribution in [1.29, 1.82) is 0 Å².